The summed E-state index contributed by atoms with van der Waals surface area (Å²) in [7, 11) is 0. The molecule has 0 atom stereocenters. The van der Waals surface area contributed by atoms with Crippen LogP contribution in [-0.4, -0.2) is 18.4 Å². The molecule has 28 heavy (non-hydrogen) atoms. The van der Waals surface area contributed by atoms with Gasteiger partial charge in [-0.15, -0.1) is 0 Å². The molecule has 7 heteroatoms. The van der Waals surface area contributed by atoms with Crippen LogP contribution in [0.2, 0.25) is 0 Å². The van der Waals surface area contributed by atoms with Crippen molar-refractivity contribution in [1.82, 2.24) is 5.32 Å². The predicted octanol–water partition coefficient (Wildman–Crippen LogP) is 4.21. The fourth-order valence-electron chi connectivity index (χ4n) is 2.23. The van der Waals surface area contributed by atoms with E-state index in [0.717, 1.165) is 5.56 Å². The molecular formula is C21H22F2N2O3. The van der Waals surface area contributed by atoms with Gasteiger partial charge in [0.25, 0.3) is 0 Å². The Kier molecular flexibility index (Phi) is 7.68. The summed E-state index contributed by atoms with van der Waals surface area (Å²) in [5, 5.41) is 5.49. The lowest BCUT2D eigenvalue weighted by atomic mass is 10.1. The molecule has 0 radical (unpaired) electrons. The maximum atomic E-state index is 12.4. The van der Waals surface area contributed by atoms with Crippen LogP contribution in [-0.2, 0) is 16.1 Å². The topological polar surface area (TPSA) is 67.4 Å². The smallest absolute Gasteiger partial charge is 0.387 e. The van der Waals surface area contributed by atoms with E-state index in [2.05, 4.69) is 15.4 Å². The molecule has 148 valence electrons. The van der Waals surface area contributed by atoms with Crippen LogP contribution >= 0.6 is 0 Å². The lowest BCUT2D eigenvalue weighted by Crippen LogP contribution is -2.20. The second-order valence-corrected chi connectivity index (χ2v) is 6.31. The SMILES string of the molecule is CC(C)C(=O)Nc1ccc(CNC(=O)/C=C/c2ccccc2OC(F)F)cc1. The molecule has 0 heterocycles. The summed E-state index contributed by atoms with van der Waals surface area (Å²) in [4.78, 5) is 23.6. The molecule has 2 N–H and O–H groups in total. The first-order valence-electron chi connectivity index (χ1n) is 8.74. The minimum absolute atomic E-state index is 0.000540. The number of rotatable bonds is 8. The van der Waals surface area contributed by atoms with Crippen LogP contribution in [0.25, 0.3) is 6.08 Å². The zero-order valence-electron chi connectivity index (χ0n) is 15.6. The van der Waals surface area contributed by atoms with E-state index < -0.39 is 6.61 Å². The molecule has 5 nitrogen and oxygen atoms in total. The Morgan fingerprint density at radius 3 is 2.39 bits per heavy atom. The van der Waals surface area contributed by atoms with Gasteiger partial charge in [-0.1, -0.05) is 44.2 Å². The number of anilines is 1. The molecule has 0 aliphatic rings. The second-order valence-electron chi connectivity index (χ2n) is 6.31. The van der Waals surface area contributed by atoms with Crippen LogP contribution < -0.4 is 15.4 Å². The molecule has 0 spiro atoms. The fourth-order valence-corrected chi connectivity index (χ4v) is 2.23. The van der Waals surface area contributed by atoms with Crippen molar-refractivity contribution in [3.05, 3.63) is 65.7 Å². The van der Waals surface area contributed by atoms with E-state index >= 15 is 0 Å². The number of halogens is 2. The summed E-state index contributed by atoms with van der Waals surface area (Å²) in [6.45, 7) is 0.975. The first kappa shape index (κ1) is 21.1. The van der Waals surface area contributed by atoms with Crippen LogP contribution in [0, 0.1) is 5.92 Å². The average molecular weight is 388 g/mol. The highest BCUT2D eigenvalue weighted by Crippen LogP contribution is 2.21. The number of alkyl halides is 2. The Morgan fingerprint density at radius 2 is 1.75 bits per heavy atom. The van der Waals surface area contributed by atoms with Crippen molar-refractivity contribution in [2.45, 2.75) is 27.0 Å². The molecule has 2 aromatic rings. The van der Waals surface area contributed by atoms with Gasteiger partial charge in [0, 0.05) is 29.8 Å². The summed E-state index contributed by atoms with van der Waals surface area (Å²) < 4.78 is 29.2. The molecule has 0 aliphatic heterocycles. The van der Waals surface area contributed by atoms with Gasteiger partial charge >= 0.3 is 6.61 Å². The molecule has 0 aromatic heterocycles. The third-order valence-electron chi connectivity index (χ3n) is 3.76. The Balaban J connectivity index is 1.89. The zero-order valence-corrected chi connectivity index (χ0v) is 15.6. The third kappa shape index (κ3) is 6.83. The van der Waals surface area contributed by atoms with Crippen molar-refractivity contribution >= 4 is 23.6 Å². The Labute approximate surface area is 162 Å². The van der Waals surface area contributed by atoms with Crippen LogP contribution in [0.3, 0.4) is 0 Å². The zero-order chi connectivity index (χ0) is 20.5. The summed E-state index contributed by atoms with van der Waals surface area (Å²) in [6, 6.07) is 13.3. The maximum Gasteiger partial charge on any atom is 0.387 e. The van der Waals surface area contributed by atoms with Crippen molar-refractivity contribution in [1.29, 1.82) is 0 Å². The molecule has 0 fully saturated rings. The molecule has 2 amide bonds. The standard InChI is InChI=1S/C21H22F2N2O3/c1-14(2)20(27)25-17-10-7-15(8-11-17)13-24-19(26)12-9-16-5-3-4-6-18(16)28-21(22)23/h3-12,14,21H,13H2,1-2H3,(H,24,26)(H,25,27)/b12-9+. The van der Waals surface area contributed by atoms with Gasteiger partial charge < -0.3 is 15.4 Å². The quantitative estimate of drug-likeness (QED) is 0.666. The number of hydrogen-bond acceptors (Lipinski definition) is 3. The van der Waals surface area contributed by atoms with Crippen LogP contribution in [0.1, 0.15) is 25.0 Å². The van der Waals surface area contributed by atoms with Gasteiger partial charge in [0.15, 0.2) is 0 Å². The first-order chi connectivity index (χ1) is 13.3. The second kappa shape index (κ2) is 10.2. The highest BCUT2D eigenvalue weighted by atomic mass is 19.3. The van der Waals surface area contributed by atoms with E-state index in [0.29, 0.717) is 11.3 Å². The van der Waals surface area contributed by atoms with Crippen LogP contribution in [0.4, 0.5) is 14.5 Å². The fraction of sp³-hybridized carbons (Fsp3) is 0.238. The van der Waals surface area contributed by atoms with Gasteiger partial charge in [-0.05, 0) is 29.8 Å². The number of amides is 2. The van der Waals surface area contributed by atoms with Crippen molar-refractivity contribution in [3.8, 4) is 5.75 Å². The van der Waals surface area contributed by atoms with E-state index in [4.69, 9.17) is 0 Å². The van der Waals surface area contributed by atoms with Crippen LogP contribution in [0.15, 0.2) is 54.6 Å². The monoisotopic (exact) mass is 388 g/mol. The minimum Gasteiger partial charge on any atom is -0.434 e. The third-order valence-corrected chi connectivity index (χ3v) is 3.76. The van der Waals surface area contributed by atoms with E-state index in [1.54, 1.807) is 42.5 Å². The van der Waals surface area contributed by atoms with Crippen molar-refractivity contribution in [3.63, 3.8) is 0 Å². The number of carbonyl (C=O) groups is 2. The molecule has 0 bridgehead atoms. The van der Waals surface area contributed by atoms with Gasteiger partial charge in [-0.2, -0.15) is 8.78 Å². The van der Waals surface area contributed by atoms with E-state index in [1.165, 1.54) is 18.2 Å². The number of para-hydroxylation sites is 1. The molecule has 0 aliphatic carbocycles. The minimum atomic E-state index is -2.93. The number of hydrogen-bond donors (Lipinski definition) is 2. The van der Waals surface area contributed by atoms with Gasteiger partial charge in [0.1, 0.15) is 5.75 Å². The molecule has 0 unspecified atom stereocenters. The largest absolute Gasteiger partial charge is 0.434 e. The normalized spacial score (nSPS) is 11.1. The van der Waals surface area contributed by atoms with E-state index in [1.807, 2.05) is 13.8 Å². The Morgan fingerprint density at radius 1 is 1.07 bits per heavy atom. The number of ether oxygens (including phenoxy) is 1. The van der Waals surface area contributed by atoms with Crippen molar-refractivity contribution in [2.24, 2.45) is 5.92 Å². The molecule has 0 saturated heterocycles. The molecular weight excluding hydrogens is 366 g/mol. The van der Waals surface area contributed by atoms with Crippen molar-refractivity contribution in [2.75, 3.05) is 5.32 Å². The molecule has 2 rings (SSSR count). The summed E-state index contributed by atoms with van der Waals surface area (Å²) >= 11 is 0. The summed E-state index contributed by atoms with van der Waals surface area (Å²) in [6.07, 6.45) is 2.67. The van der Waals surface area contributed by atoms with E-state index in [-0.39, 0.29) is 30.0 Å². The lowest BCUT2D eigenvalue weighted by Gasteiger charge is -2.09. The van der Waals surface area contributed by atoms with Gasteiger partial charge in [-0.3, -0.25) is 9.59 Å². The predicted molar refractivity (Wildman–Crippen MR) is 104 cm³/mol. The van der Waals surface area contributed by atoms with Gasteiger partial charge in [0.05, 0.1) is 0 Å². The highest BCUT2D eigenvalue weighted by Gasteiger charge is 2.08. The highest BCUT2D eigenvalue weighted by molar-refractivity contribution is 5.92. The van der Waals surface area contributed by atoms with Crippen molar-refractivity contribution < 1.29 is 23.1 Å². The maximum absolute atomic E-state index is 12.4. The summed E-state index contributed by atoms with van der Waals surface area (Å²) in [5.74, 6) is -0.547. The first-order valence-corrected chi connectivity index (χ1v) is 8.74. The number of carbonyl (C=O) groups excluding carboxylic acids is 2. The van der Waals surface area contributed by atoms with Gasteiger partial charge in [0.2, 0.25) is 11.8 Å². The summed E-state index contributed by atoms with van der Waals surface area (Å²) in [5.41, 5.74) is 1.92. The Hall–Kier alpha value is -3.22. The number of benzene rings is 2. The molecule has 0 saturated carbocycles. The Bertz CT molecular complexity index is 834. The number of nitrogens with one attached hydrogen (secondary N) is 2. The lowest BCUT2D eigenvalue weighted by molar-refractivity contribution is -0.119. The molecule has 2 aromatic carbocycles. The van der Waals surface area contributed by atoms with Crippen LogP contribution in [0.5, 0.6) is 5.75 Å². The van der Waals surface area contributed by atoms with E-state index in [9.17, 15) is 18.4 Å². The average Bonchev–Trinajstić information content (AvgIpc) is 2.66. The van der Waals surface area contributed by atoms with Gasteiger partial charge in [-0.25, -0.2) is 0 Å².